The van der Waals surface area contributed by atoms with Crippen LogP contribution in [0, 0.1) is 6.92 Å². The first kappa shape index (κ1) is 19.6. The van der Waals surface area contributed by atoms with Crippen LogP contribution < -0.4 is 4.72 Å². The van der Waals surface area contributed by atoms with Gasteiger partial charge >= 0.3 is 0 Å². The van der Waals surface area contributed by atoms with Crippen LogP contribution in [0.1, 0.15) is 23.6 Å². The second-order valence-corrected chi connectivity index (χ2v) is 9.55. The van der Waals surface area contributed by atoms with E-state index in [1.54, 1.807) is 0 Å². The van der Waals surface area contributed by atoms with Crippen LogP contribution in [0.3, 0.4) is 0 Å². The van der Waals surface area contributed by atoms with Gasteiger partial charge in [-0.15, -0.1) is 0 Å². The highest BCUT2D eigenvalue weighted by Gasteiger charge is 2.48. The summed E-state index contributed by atoms with van der Waals surface area (Å²) in [6.07, 6.45) is 1.10. The molecule has 1 heterocycles. The number of nitrogens with zero attached hydrogens (tertiary/aromatic N) is 2. The Morgan fingerprint density at radius 2 is 1.89 bits per heavy atom. The van der Waals surface area contributed by atoms with Gasteiger partial charge in [0.15, 0.2) is 4.87 Å². The lowest BCUT2D eigenvalue weighted by Crippen LogP contribution is -2.48. The Labute approximate surface area is 163 Å². The van der Waals surface area contributed by atoms with Crippen molar-refractivity contribution in [2.75, 3.05) is 12.8 Å². The molecule has 1 N–H and O–H groups in total. The number of carbonyl (C=O) groups excluding carboxylic acids is 1. The smallest absolute Gasteiger partial charge is 0.241 e. The maximum Gasteiger partial charge on any atom is 0.241 e. The van der Waals surface area contributed by atoms with Gasteiger partial charge in [-0.2, -0.15) is 5.10 Å². The van der Waals surface area contributed by atoms with Crippen LogP contribution in [0.4, 0.5) is 0 Å². The Bertz CT molecular complexity index is 990. The number of rotatable bonds is 5. The molecule has 0 aromatic heterocycles. The van der Waals surface area contributed by atoms with Crippen molar-refractivity contribution in [3.05, 3.63) is 71.3 Å². The summed E-state index contributed by atoms with van der Waals surface area (Å²) in [5.74, 6) is -0.260. The quantitative estimate of drug-likeness (QED) is 0.832. The number of nitrogens with one attached hydrogen (secondary N) is 1. The maximum absolute atomic E-state index is 12.4. The zero-order valence-corrected chi connectivity index (χ0v) is 17.0. The third kappa shape index (κ3) is 4.23. The summed E-state index contributed by atoms with van der Waals surface area (Å²) >= 11 is 1.38. The van der Waals surface area contributed by atoms with E-state index in [-0.39, 0.29) is 12.5 Å². The van der Waals surface area contributed by atoms with E-state index in [4.69, 9.17) is 0 Å². The highest BCUT2D eigenvalue weighted by Crippen LogP contribution is 2.47. The predicted octanol–water partition coefficient (Wildman–Crippen LogP) is 2.65. The molecule has 142 valence electrons. The van der Waals surface area contributed by atoms with Gasteiger partial charge in [-0.25, -0.2) is 18.1 Å². The monoisotopic (exact) mass is 403 g/mol. The standard InChI is InChI=1S/C19H21N3O3S2/c1-14-8-7-9-16(12-14)18-21-22(15(2)23)19(26-18,13-20-27(3,24)25)17-10-5-4-6-11-17/h4-12,20H,13H2,1-3H3. The minimum Gasteiger partial charge on any atom is -0.273 e. The first-order chi connectivity index (χ1) is 12.7. The molecule has 1 amide bonds. The average molecular weight is 404 g/mol. The van der Waals surface area contributed by atoms with Crippen LogP contribution in [-0.4, -0.2) is 37.2 Å². The summed E-state index contributed by atoms with van der Waals surface area (Å²) in [7, 11) is -3.45. The summed E-state index contributed by atoms with van der Waals surface area (Å²) < 4.78 is 26.1. The van der Waals surface area contributed by atoms with Gasteiger partial charge in [0.1, 0.15) is 5.04 Å². The maximum atomic E-state index is 12.4. The lowest BCUT2D eigenvalue weighted by Gasteiger charge is -2.35. The number of sulfonamides is 1. The van der Waals surface area contributed by atoms with E-state index in [9.17, 15) is 13.2 Å². The minimum absolute atomic E-state index is 0.0128. The van der Waals surface area contributed by atoms with Crippen LogP contribution in [0.15, 0.2) is 59.7 Å². The van der Waals surface area contributed by atoms with Gasteiger partial charge in [0, 0.05) is 12.5 Å². The second kappa shape index (κ2) is 7.46. The lowest BCUT2D eigenvalue weighted by atomic mass is 10.1. The van der Waals surface area contributed by atoms with Crippen LogP contribution >= 0.6 is 11.8 Å². The molecule has 0 saturated carbocycles. The van der Waals surface area contributed by atoms with Crippen molar-refractivity contribution in [1.29, 1.82) is 0 Å². The van der Waals surface area contributed by atoms with Gasteiger partial charge in [0.25, 0.3) is 0 Å². The molecule has 2 aromatic carbocycles. The number of benzene rings is 2. The van der Waals surface area contributed by atoms with E-state index in [1.807, 2.05) is 61.5 Å². The summed E-state index contributed by atoms with van der Waals surface area (Å²) in [5.41, 5.74) is 2.77. The molecule has 1 atom stereocenters. The molecule has 27 heavy (non-hydrogen) atoms. The fraction of sp³-hybridized carbons (Fsp3) is 0.263. The number of carbonyl (C=O) groups is 1. The summed E-state index contributed by atoms with van der Waals surface area (Å²) in [4.78, 5) is 11.4. The van der Waals surface area contributed by atoms with Crippen LogP contribution in [-0.2, 0) is 19.7 Å². The first-order valence-electron chi connectivity index (χ1n) is 8.37. The van der Waals surface area contributed by atoms with E-state index >= 15 is 0 Å². The number of hydrogen-bond acceptors (Lipinski definition) is 5. The topological polar surface area (TPSA) is 78.8 Å². The Balaban J connectivity index is 2.10. The zero-order valence-electron chi connectivity index (χ0n) is 15.3. The van der Waals surface area contributed by atoms with Gasteiger partial charge in [-0.05, 0) is 18.6 Å². The van der Waals surface area contributed by atoms with E-state index in [2.05, 4.69) is 9.82 Å². The van der Waals surface area contributed by atoms with Gasteiger partial charge in [-0.3, -0.25) is 4.79 Å². The second-order valence-electron chi connectivity index (χ2n) is 6.45. The molecule has 1 aliphatic rings. The fourth-order valence-corrected chi connectivity index (χ4v) is 4.84. The zero-order chi connectivity index (χ0) is 19.7. The molecule has 0 aliphatic carbocycles. The van der Waals surface area contributed by atoms with E-state index < -0.39 is 14.9 Å². The van der Waals surface area contributed by atoms with Crippen molar-refractivity contribution in [1.82, 2.24) is 9.73 Å². The number of hydrazone groups is 1. The molecule has 2 aromatic rings. The third-order valence-corrected chi connectivity index (χ3v) is 6.23. The highest BCUT2D eigenvalue weighted by atomic mass is 32.2. The van der Waals surface area contributed by atoms with E-state index in [0.717, 1.165) is 22.9 Å². The molecule has 8 heteroatoms. The Morgan fingerprint density at radius 1 is 1.19 bits per heavy atom. The fourth-order valence-electron chi connectivity index (χ4n) is 2.94. The Hall–Kier alpha value is -2.16. The third-order valence-electron chi connectivity index (χ3n) is 4.16. The van der Waals surface area contributed by atoms with Crippen LogP contribution in [0.25, 0.3) is 0 Å². The molecule has 0 fully saturated rings. The number of aryl methyl sites for hydroxylation is 1. The predicted molar refractivity (Wildman–Crippen MR) is 109 cm³/mol. The normalized spacial score (nSPS) is 19.8. The molecule has 0 radical (unpaired) electrons. The number of amides is 1. The average Bonchev–Trinajstić information content (AvgIpc) is 3.02. The molecule has 0 spiro atoms. The number of thioether (sulfide) groups is 1. The molecular weight excluding hydrogens is 382 g/mol. The largest absolute Gasteiger partial charge is 0.273 e. The molecule has 6 nitrogen and oxygen atoms in total. The summed E-state index contributed by atoms with van der Waals surface area (Å²) in [5, 5.41) is 6.61. The van der Waals surface area contributed by atoms with Gasteiger partial charge in [-0.1, -0.05) is 65.9 Å². The van der Waals surface area contributed by atoms with Crippen LogP contribution in [0.2, 0.25) is 0 Å². The molecular formula is C19H21N3O3S2. The molecule has 1 unspecified atom stereocenters. The van der Waals surface area contributed by atoms with Gasteiger partial charge in [0.2, 0.25) is 15.9 Å². The van der Waals surface area contributed by atoms with E-state index in [0.29, 0.717) is 5.04 Å². The SMILES string of the molecule is CC(=O)N1N=C(c2cccc(C)c2)SC1(CNS(C)(=O)=O)c1ccccc1. The highest BCUT2D eigenvalue weighted by molar-refractivity contribution is 8.15. The van der Waals surface area contributed by atoms with Gasteiger partial charge in [0.05, 0.1) is 12.8 Å². The number of hydrogen-bond donors (Lipinski definition) is 1. The molecule has 3 rings (SSSR count). The van der Waals surface area contributed by atoms with Gasteiger partial charge < -0.3 is 0 Å². The summed E-state index contributed by atoms with van der Waals surface area (Å²) in [6.45, 7) is 3.43. The lowest BCUT2D eigenvalue weighted by molar-refractivity contribution is -0.132. The summed E-state index contributed by atoms with van der Waals surface area (Å²) in [6, 6.07) is 17.2. The first-order valence-corrected chi connectivity index (χ1v) is 11.1. The van der Waals surface area contributed by atoms with Crippen molar-refractivity contribution in [2.24, 2.45) is 5.10 Å². The van der Waals surface area contributed by atoms with Crippen molar-refractivity contribution in [3.63, 3.8) is 0 Å². The Kier molecular flexibility index (Phi) is 5.41. The minimum atomic E-state index is -3.45. The Morgan fingerprint density at radius 3 is 2.48 bits per heavy atom. The van der Waals surface area contributed by atoms with Crippen molar-refractivity contribution >= 4 is 32.7 Å². The van der Waals surface area contributed by atoms with Crippen molar-refractivity contribution in [2.45, 2.75) is 18.7 Å². The molecule has 0 saturated heterocycles. The van der Waals surface area contributed by atoms with Crippen molar-refractivity contribution in [3.8, 4) is 0 Å². The van der Waals surface area contributed by atoms with Crippen molar-refractivity contribution < 1.29 is 13.2 Å². The molecule has 0 bridgehead atoms. The van der Waals surface area contributed by atoms with E-state index in [1.165, 1.54) is 23.7 Å². The molecule has 1 aliphatic heterocycles. The van der Waals surface area contributed by atoms with Crippen LogP contribution in [0.5, 0.6) is 0 Å².